The summed E-state index contributed by atoms with van der Waals surface area (Å²) >= 11 is 0. The van der Waals surface area contributed by atoms with Crippen molar-refractivity contribution in [3.63, 3.8) is 0 Å². The Morgan fingerprint density at radius 2 is 1.45 bits per heavy atom. The number of hydrogen-bond acceptors (Lipinski definition) is 4. The van der Waals surface area contributed by atoms with Crippen LogP contribution in [0.4, 0.5) is 0 Å². The first-order chi connectivity index (χ1) is 13.9. The summed E-state index contributed by atoms with van der Waals surface area (Å²) in [5, 5.41) is 9.71. The molecule has 0 saturated heterocycles. The molecule has 2 N–H and O–H groups in total. The number of carbonyl (C=O) groups is 1. The molecule has 7 heteroatoms. The van der Waals surface area contributed by atoms with Crippen LogP contribution in [0.5, 0.6) is 11.5 Å². The molecule has 3 aromatic carbocycles. The summed E-state index contributed by atoms with van der Waals surface area (Å²) in [5.41, 5.74) is -0.733. The number of para-hydroxylation sites is 1. The van der Waals surface area contributed by atoms with Crippen LogP contribution in [0.1, 0.15) is 17.9 Å². The minimum absolute atomic E-state index is 0.0164. The van der Waals surface area contributed by atoms with Crippen molar-refractivity contribution in [1.82, 2.24) is 4.72 Å². The zero-order valence-corrected chi connectivity index (χ0v) is 16.2. The largest absolute Gasteiger partial charge is 0.480 e. The average molecular weight is 409 g/mol. The Bertz CT molecular complexity index is 1110. The van der Waals surface area contributed by atoms with Gasteiger partial charge < -0.3 is 9.84 Å². The SMILES string of the molecule is O=C(O)C1(NS(=O)(=O)c2ccc(Oc3ccccc3)cc2)CC1c1ccccc1. The lowest BCUT2D eigenvalue weighted by atomic mass is 10.1. The number of hydrogen-bond donors (Lipinski definition) is 2. The van der Waals surface area contributed by atoms with Crippen molar-refractivity contribution in [2.45, 2.75) is 22.8 Å². The first-order valence-electron chi connectivity index (χ1n) is 9.06. The van der Waals surface area contributed by atoms with Gasteiger partial charge in [0.15, 0.2) is 0 Å². The van der Waals surface area contributed by atoms with Gasteiger partial charge in [-0.05, 0) is 48.4 Å². The van der Waals surface area contributed by atoms with Gasteiger partial charge in [-0.2, -0.15) is 4.72 Å². The van der Waals surface area contributed by atoms with E-state index in [1.54, 1.807) is 36.4 Å². The molecule has 1 aliphatic rings. The number of benzene rings is 3. The maximum Gasteiger partial charge on any atom is 0.325 e. The highest BCUT2D eigenvalue weighted by Gasteiger charge is 2.63. The maximum absolute atomic E-state index is 12.8. The van der Waals surface area contributed by atoms with Crippen LogP contribution in [0.3, 0.4) is 0 Å². The molecule has 0 heterocycles. The van der Waals surface area contributed by atoms with E-state index in [1.807, 2.05) is 24.3 Å². The highest BCUT2D eigenvalue weighted by atomic mass is 32.2. The van der Waals surface area contributed by atoms with E-state index >= 15 is 0 Å². The van der Waals surface area contributed by atoms with Crippen molar-refractivity contribution in [2.75, 3.05) is 0 Å². The zero-order chi connectivity index (χ0) is 20.5. The van der Waals surface area contributed by atoms with Crippen molar-refractivity contribution >= 4 is 16.0 Å². The first-order valence-corrected chi connectivity index (χ1v) is 10.5. The molecule has 29 heavy (non-hydrogen) atoms. The van der Waals surface area contributed by atoms with E-state index < -0.39 is 27.4 Å². The van der Waals surface area contributed by atoms with Crippen molar-refractivity contribution < 1.29 is 23.1 Å². The smallest absolute Gasteiger partial charge is 0.325 e. The summed E-state index contributed by atoms with van der Waals surface area (Å²) in [4.78, 5) is 11.9. The van der Waals surface area contributed by atoms with Gasteiger partial charge in [-0.25, -0.2) is 8.42 Å². The molecule has 1 saturated carbocycles. The Morgan fingerprint density at radius 1 is 0.897 bits per heavy atom. The second-order valence-corrected chi connectivity index (χ2v) is 8.62. The van der Waals surface area contributed by atoms with E-state index in [0.29, 0.717) is 11.5 Å². The molecule has 6 nitrogen and oxygen atoms in total. The van der Waals surface area contributed by atoms with Crippen LogP contribution < -0.4 is 9.46 Å². The lowest BCUT2D eigenvalue weighted by Gasteiger charge is -2.16. The van der Waals surface area contributed by atoms with Crippen molar-refractivity contribution in [3.8, 4) is 11.5 Å². The molecule has 4 rings (SSSR count). The molecular formula is C22H19NO5S. The molecule has 1 aliphatic carbocycles. The molecule has 0 aromatic heterocycles. The van der Waals surface area contributed by atoms with Crippen LogP contribution in [-0.4, -0.2) is 25.0 Å². The van der Waals surface area contributed by atoms with Crippen LogP contribution in [0.2, 0.25) is 0 Å². The molecule has 0 amide bonds. The standard InChI is InChI=1S/C22H19NO5S/c24-21(25)22(15-20(22)16-7-3-1-4-8-16)23-29(26,27)19-13-11-18(12-14-19)28-17-9-5-2-6-10-17/h1-14,20,23H,15H2,(H,24,25). The summed E-state index contributed by atoms with van der Waals surface area (Å²) < 4.78 is 33.7. The lowest BCUT2D eigenvalue weighted by molar-refractivity contribution is -0.140. The van der Waals surface area contributed by atoms with Gasteiger partial charge >= 0.3 is 5.97 Å². The van der Waals surface area contributed by atoms with Crippen LogP contribution in [0.15, 0.2) is 89.8 Å². The number of rotatable bonds is 7. The summed E-state index contributed by atoms with van der Waals surface area (Å²) in [6.07, 6.45) is 0.209. The third kappa shape index (κ3) is 3.87. The fourth-order valence-electron chi connectivity index (χ4n) is 3.35. The second-order valence-electron chi connectivity index (χ2n) is 6.94. The predicted molar refractivity (Wildman–Crippen MR) is 107 cm³/mol. The van der Waals surface area contributed by atoms with Crippen LogP contribution in [0.25, 0.3) is 0 Å². The Morgan fingerprint density at radius 3 is 2.03 bits per heavy atom. The number of sulfonamides is 1. The molecule has 2 unspecified atom stereocenters. The molecule has 148 valence electrons. The average Bonchev–Trinajstić information content (AvgIpc) is 3.45. The Kier molecular flexibility index (Phi) is 4.86. The summed E-state index contributed by atoms with van der Waals surface area (Å²) in [6.45, 7) is 0. The van der Waals surface area contributed by atoms with E-state index in [-0.39, 0.29) is 11.3 Å². The third-order valence-electron chi connectivity index (χ3n) is 4.97. The topological polar surface area (TPSA) is 92.7 Å². The van der Waals surface area contributed by atoms with Crippen molar-refractivity contribution in [1.29, 1.82) is 0 Å². The molecule has 2 atom stereocenters. The van der Waals surface area contributed by atoms with Gasteiger partial charge in [0.25, 0.3) is 0 Å². The van der Waals surface area contributed by atoms with E-state index in [2.05, 4.69) is 4.72 Å². The third-order valence-corrected chi connectivity index (χ3v) is 6.50. The van der Waals surface area contributed by atoms with Crippen molar-refractivity contribution in [2.24, 2.45) is 0 Å². The fourth-order valence-corrected chi connectivity index (χ4v) is 4.76. The maximum atomic E-state index is 12.8. The molecule has 0 radical (unpaired) electrons. The van der Waals surface area contributed by atoms with E-state index in [9.17, 15) is 18.3 Å². The highest BCUT2D eigenvalue weighted by Crippen LogP contribution is 2.52. The van der Waals surface area contributed by atoms with Crippen LogP contribution >= 0.6 is 0 Å². The molecule has 3 aromatic rings. The van der Waals surface area contributed by atoms with Gasteiger partial charge in [-0.3, -0.25) is 4.79 Å². The normalized spacial score (nSPS) is 20.8. The monoisotopic (exact) mass is 409 g/mol. The zero-order valence-electron chi connectivity index (χ0n) is 15.4. The minimum atomic E-state index is -4.02. The molecular weight excluding hydrogens is 390 g/mol. The van der Waals surface area contributed by atoms with Gasteiger partial charge in [0, 0.05) is 5.92 Å². The molecule has 0 bridgehead atoms. The number of nitrogens with one attached hydrogen (secondary N) is 1. The number of carboxylic acids is 1. The van der Waals surface area contributed by atoms with Gasteiger partial charge in [0.2, 0.25) is 10.0 Å². The van der Waals surface area contributed by atoms with Crippen molar-refractivity contribution in [3.05, 3.63) is 90.5 Å². The predicted octanol–water partition coefficient (Wildman–Crippen LogP) is 3.77. The Balaban J connectivity index is 1.53. The summed E-state index contributed by atoms with van der Waals surface area (Å²) in [6, 6.07) is 24.0. The van der Waals surface area contributed by atoms with Gasteiger partial charge in [-0.15, -0.1) is 0 Å². The van der Waals surface area contributed by atoms with Gasteiger partial charge in [-0.1, -0.05) is 48.5 Å². The van der Waals surface area contributed by atoms with E-state index in [4.69, 9.17) is 4.74 Å². The quantitative estimate of drug-likeness (QED) is 0.620. The van der Waals surface area contributed by atoms with E-state index in [0.717, 1.165) is 5.56 Å². The fraction of sp³-hybridized carbons (Fsp3) is 0.136. The highest BCUT2D eigenvalue weighted by molar-refractivity contribution is 7.89. The first kappa shape index (κ1) is 19.2. The van der Waals surface area contributed by atoms with Crippen LogP contribution in [0, 0.1) is 0 Å². The lowest BCUT2D eigenvalue weighted by Crippen LogP contribution is -2.44. The molecule has 1 fully saturated rings. The minimum Gasteiger partial charge on any atom is -0.480 e. The Labute approximate surface area is 168 Å². The molecule has 0 aliphatic heterocycles. The van der Waals surface area contributed by atoms with E-state index in [1.165, 1.54) is 24.3 Å². The van der Waals surface area contributed by atoms with Crippen LogP contribution in [-0.2, 0) is 14.8 Å². The van der Waals surface area contributed by atoms with Gasteiger partial charge in [0.1, 0.15) is 17.0 Å². The number of ether oxygens (including phenoxy) is 1. The summed E-state index contributed by atoms with van der Waals surface area (Å²) in [7, 11) is -4.02. The van der Waals surface area contributed by atoms with Gasteiger partial charge in [0.05, 0.1) is 4.90 Å². The number of carboxylic acid groups (broad SMARTS) is 1. The molecule has 0 spiro atoms. The summed E-state index contributed by atoms with van der Waals surface area (Å²) in [5.74, 6) is -0.470. The number of aliphatic carboxylic acids is 1. The Hall–Kier alpha value is -3.16. The second kappa shape index (κ2) is 7.35.